The molecule has 2 aliphatic rings. The molecule has 1 aromatic heterocycles. The molecule has 1 unspecified atom stereocenters. The summed E-state index contributed by atoms with van der Waals surface area (Å²) >= 11 is 1.61. The Bertz CT molecular complexity index is 865. The van der Waals surface area contributed by atoms with Crippen LogP contribution in [0.2, 0.25) is 0 Å². The molecule has 2 aliphatic heterocycles. The van der Waals surface area contributed by atoms with Crippen LogP contribution in [0.5, 0.6) is 11.5 Å². The third-order valence-corrected chi connectivity index (χ3v) is 5.99. The predicted octanol–water partition coefficient (Wildman–Crippen LogP) is 3.31. The molecule has 0 saturated carbocycles. The fourth-order valence-electron chi connectivity index (χ4n) is 3.67. The molecule has 7 heteroatoms. The van der Waals surface area contributed by atoms with Crippen LogP contribution >= 0.6 is 11.3 Å². The van der Waals surface area contributed by atoms with Gasteiger partial charge in [-0.25, -0.2) is 0 Å². The van der Waals surface area contributed by atoms with Crippen molar-refractivity contribution in [2.75, 3.05) is 24.7 Å². The second kappa shape index (κ2) is 7.83. The Hall–Kier alpha value is -2.54. The standard InChI is InChI=1S/C21H24N2O4S/c1-14(2)22-12-15(10-20(22)24)21(25)23(13-17-4-3-9-28-17)16-5-6-18-19(11-16)27-8-7-26-18/h3-6,9,11,14-15H,7-8,10,12-13H2,1-2H3. The van der Waals surface area contributed by atoms with Crippen LogP contribution in [0.15, 0.2) is 35.7 Å². The van der Waals surface area contributed by atoms with Gasteiger partial charge in [0, 0.05) is 35.6 Å². The number of ether oxygens (including phenoxy) is 2. The van der Waals surface area contributed by atoms with E-state index in [4.69, 9.17) is 9.47 Å². The van der Waals surface area contributed by atoms with Crippen LogP contribution < -0.4 is 14.4 Å². The summed E-state index contributed by atoms with van der Waals surface area (Å²) in [6.45, 7) is 5.93. The maximum atomic E-state index is 13.4. The maximum Gasteiger partial charge on any atom is 0.232 e. The number of carbonyl (C=O) groups is 2. The van der Waals surface area contributed by atoms with Crippen molar-refractivity contribution in [3.05, 3.63) is 40.6 Å². The summed E-state index contributed by atoms with van der Waals surface area (Å²) in [6.07, 6.45) is 0.266. The monoisotopic (exact) mass is 400 g/mol. The van der Waals surface area contributed by atoms with Crippen LogP contribution in [0, 0.1) is 5.92 Å². The first-order chi connectivity index (χ1) is 13.5. The van der Waals surface area contributed by atoms with Crippen molar-refractivity contribution >= 4 is 28.8 Å². The van der Waals surface area contributed by atoms with Crippen molar-refractivity contribution in [2.45, 2.75) is 32.9 Å². The Labute approximate surface area is 168 Å². The van der Waals surface area contributed by atoms with Gasteiger partial charge in [0.15, 0.2) is 11.5 Å². The van der Waals surface area contributed by atoms with Crippen molar-refractivity contribution in [1.29, 1.82) is 0 Å². The number of hydrogen-bond acceptors (Lipinski definition) is 5. The second-order valence-electron chi connectivity index (χ2n) is 7.37. The largest absolute Gasteiger partial charge is 0.486 e. The van der Waals surface area contributed by atoms with E-state index in [1.54, 1.807) is 21.1 Å². The fourth-order valence-corrected chi connectivity index (χ4v) is 4.36. The van der Waals surface area contributed by atoms with Gasteiger partial charge in [0.2, 0.25) is 11.8 Å². The second-order valence-corrected chi connectivity index (χ2v) is 8.40. The van der Waals surface area contributed by atoms with Crippen LogP contribution in [0.4, 0.5) is 5.69 Å². The van der Waals surface area contributed by atoms with Crippen molar-refractivity contribution in [3.8, 4) is 11.5 Å². The minimum absolute atomic E-state index is 0.0263. The van der Waals surface area contributed by atoms with Gasteiger partial charge >= 0.3 is 0 Å². The molecule has 148 valence electrons. The van der Waals surface area contributed by atoms with E-state index in [0.717, 1.165) is 10.6 Å². The molecule has 0 aliphatic carbocycles. The lowest BCUT2D eigenvalue weighted by Gasteiger charge is -2.27. The smallest absolute Gasteiger partial charge is 0.232 e. The van der Waals surface area contributed by atoms with Crippen molar-refractivity contribution < 1.29 is 19.1 Å². The minimum Gasteiger partial charge on any atom is -0.486 e. The normalized spacial score (nSPS) is 18.6. The average molecular weight is 401 g/mol. The molecule has 0 radical (unpaired) electrons. The number of carbonyl (C=O) groups excluding carboxylic acids is 2. The zero-order valence-corrected chi connectivity index (χ0v) is 16.9. The lowest BCUT2D eigenvalue weighted by atomic mass is 10.1. The highest BCUT2D eigenvalue weighted by Crippen LogP contribution is 2.36. The SMILES string of the molecule is CC(C)N1CC(C(=O)N(Cc2cccs2)c2ccc3c(c2)OCCO3)CC1=O. The Morgan fingerprint density at radius 1 is 1.25 bits per heavy atom. The van der Waals surface area contributed by atoms with Crippen LogP contribution in [0.3, 0.4) is 0 Å². The first-order valence-corrected chi connectivity index (χ1v) is 10.4. The Balaban J connectivity index is 1.62. The maximum absolute atomic E-state index is 13.4. The highest BCUT2D eigenvalue weighted by molar-refractivity contribution is 7.09. The summed E-state index contributed by atoms with van der Waals surface area (Å²) in [7, 11) is 0. The number of benzene rings is 1. The molecule has 2 aromatic rings. The van der Waals surface area contributed by atoms with Crippen molar-refractivity contribution in [1.82, 2.24) is 4.90 Å². The third-order valence-electron chi connectivity index (χ3n) is 5.13. The van der Waals surface area contributed by atoms with Gasteiger partial charge in [-0.2, -0.15) is 0 Å². The van der Waals surface area contributed by atoms with Gasteiger partial charge in [0.25, 0.3) is 0 Å². The van der Waals surface area contributed by atoms with E-state index in [2.05, 4.69) is 0 Å². The summed E-state index contributed by atoms with van der Waals surface area (Å²) in [5.74, 6) is 1.04. The first kappa shape index (κ1) is 18.8. The molecular formula is C21H24N2O4S. The summed E-state index contributed by atoms with van der Waals surface area (Å²) in [5.41, 5.74) is 0.762. The van der Waals surface area contributed by atoms with E-state index in [9.17, 15) is 9.59 Å². The summed E-state index contributed by atoms with van der Waals surface area (Å²) < 4.78 is 11.3. The highest BCUT2D eigenvalue weighted by atomic mass is 32.1. The molecule has 1 aromatic carbocycles. The molecule has 0 spiro atoms. The Kier molecular flexibility index (Phi) is 5.26. The topological polar surface area (TPSA) is 59.1 Å². The number of hydrogen-bond donors (Lipinski definition) is 0. The lowest BCUT2D eigenvalue weighted by molar-refractivity contribution is -0.129. The molecule has 2 amide bonds. The van der Waals surface area contributed by atoms with Crippen LogP contribution in [-0.2, 0) is 16.1 Å². The van der Waals surface area contributed by atoms with Gasteiger partial charge < -0.3 is 19.3 Å². The highest BCUT2D eigenvalue weighted by Gasteiger charge is 2.38. The molecule has 6 nitrogen and oxygen atoms in total. The molecule has 0 bridgehead atoms. The molecule has 3 heterocycles. The number of anilines is 1. The molecule has 1 saturated heterocycles. The van der Waals surface area contributed by atoms with Crippen LogP contribution in [-0.4, -0.2) is 42.5 Å². The van der Waals surface area contributed by atoms with Gasteiger partial charge in [-0.1, -0.05) is 6.07 Å². The van der Waals surface area contributed by atoms with E-state index in [1.165, 1.54) is 0 Å². The fraction of sp³-hybridized carbons (Fsp3) is 0.429. The van der Waals surface area contributed by atoms with E-state index in [1.807, 2.05) is 49.6 Å². The van der Waals surface area contributed by atoms with Crippen molar-refractivity contribution in [2.24, 2.45) is 5.92 Å². The zero-order valence-electron chi connectivity index (χ0n) is 16.1. The summed E-state index contributed by atoms with van der Waals surface area (Å²) in [5, 5.41) is 2.00. The minimum atomic E-state index is -0.330. The van der Waals surface area contributed by atoms with Crippen LogP contribution in [0.1, 0.15) is 25.1 Å². The van der Waals surface area contributed by atoms with Gasteiger partial charge in [-0.3, -0.25) is 9.59 Å². The number of nitrogens with zero attached hydrogens (tertiary/aromatic N) is 2. The number of likely N-dealkylation sites (tertiary alicyclic amines) is 1. The van der Waals surface area contributed by atoms with Gasteiger partial charge in [-0.05, 0) is 37.4 Å². The van der Waals surface area contributed by atoms with E-state index < -0.39 is 0 Å². The number of thiophene rings is 1. The molecule has 0 N–H and O–H groups in total. The van der Waals surface area contributed by atoms with Gasteiger partial charge in [0.1, 0.15) is 13.2 Å². The first-order valence-electron chi connectivity index (χ1n) is 9.56. The lowest BCUT2D eigenvalue weighted by Crippen LogP contribution is -2.38. The molecule has 4 rings (SSSR count). The average Bonchev–Trinajstić information content (AvgIpc) is 3.34. The van der Waals surface area contributed by atoms with Gasteiger partial charge in [-0.15, -0.1) is 11.3 Å². The van der Waals surface area contributed by atoms with Crippen LogP contribution in [0.25, 0.3) is 0 Å². The molecule has 28 heavy (non-hydrogen) atoms. The number of fused-ring (bicyclic) bond motifs is 1. The molecule has 1 fully saturated rings. The van der Waals surface area contributed by atoms with E-state index >= 15 is 0 Å². The zero-order chi connectivity index (χ0) is 19.7. The van der Waals surface area contributed by atoms with E-state index in [-0.39, 0.29) is 30.2 Å². The quantitative estimate of drug-likeness (QED) is 0.773. The van der Waals surface area contributed by atoms with Gasteiger partial charge in [0.05, 0.1) is 12.5 Å². The Morgan fingerprint density at radius 2 is 2.04 bits per heavy atom. The summed E-state index contributed by atoms with van der Waals surface area (Å²) in [6, 6.07) is 9.69. The molecular weight excluding hydrogens is 376 g/mol. The van der Waals surface area contributed by atoms with E-state index in [0.29, 0.717) is 37.8 Å². The van der Waals surface area contributed by atoms with Crippen molar-refractivity contribution in [3.63, 3.8) is 0 Å². The molecule has 1 atom stereocenters. The Morgan fingerprint density at radius 3 is 2.71 bits per heavy atom. The third kappa shape index (κ3) is 3.71. The predicted molar refractivity (Wildman–Crippen MR) is 108 cm³/mol. The summed E-state index contributed by atoms with van der Waals surface area (Å²) in [4.78, 5) is 30.4. The number of amides is 2. The number of rotatable bonds is 5.